The molecule has 0 radical (unpaired) electrons. The van der Waals surface area contributed by atoms with Crippen molar-refractivity contribution in [2.24, 2.45) is 4.99 Å². The summed E-state index contributed by atoms with van der Waals surface area (Å²) in [5.74, 6) is 1.50. The molecule has 10 nitrogen and oxygen atoms in total. The molecule has 3 rings (SSSR count). The van der Waals surface area contributed by atoms with Crippen molar-refractivity contribution in [2.45, 2.75) is 18.7 Å². The molecule has 0 saturated carbocycles. The van der Waals surface area contributed by atoms with Gasteiger partial charge in [-0.1, -0.05) is 5.16 Å². The number of aliphatic imine (C=N–C) groups is 1. The zero-order valence-electron chi connectivity index (χ0n) is 18.1. The molecule has 12 heteroatoms. The summed E-state index contributed by atoms with van der Waals surface area (Å²) < 4.78 is 37.1. The van der Waals surface area contributed by atoms with Crippen LogP contribution in [0.15, 0.2) is 44.7 Å². The molecule has 0 bridgehead atoms. The summed E-state index contributed by atoms with van der Waals surface area (Å²) in [5.41, 5.74) is 0.417. The number of likely N-dealkylation sites (N-methyl/N-ethyl adjacent to an activating group) is 1. The van der Waals surface area contributed by atoms with Crippen LogP contribution in [0.4, 0.5) is 0 Å². The van der Waals surface area contributed by atoms with Gasteiger partial charge in [-0.05, 0) is 33.2 Å². The van der Waals surface area contributed by atoms with E-state index < -0.39 is 10.0 Å². The molecule has 1 unspecified atom stereocenters. The summed E-state index contributed by atoms with van der Waals surface area (Å²) >= 11 is 0. The zero-order valence-corrected chi connectivity index (χ0v) is 21.2. The van der Waals surface area contributed by atoms with Gasteiger partial charge in [-0.3, -0.25) is 9.89 Å². The third kappa shape index (κ3) is 6.92. The molecule has 1 aliphatic heterocycles. The molecule has 0 amide bonds. The maximum atomic E-state index is 12.6. The highest BCUT2D eigenvalue weighted by molar-refractivity contribution is 14.0. The average Bonchev–Trinajstić information content (AvgIpc) is 3.41. The van der Waals surface area contributed by atoms with E-state index in [1.807, 2.05) is 33.2 Å². The third-order valence-corrected chi connectivity index (χ3v) is 6.81. The SMILES string of the molecule is CCNC(=NCC(c1ccco1)N(C)C)N1CCN(S(=O)(=O)Cc2ccon2)CC1.I. The first-order valence-corrected chi connectivity index (χ1v) is 11.6. The Morgan fingerprint density at radius 3 is 2.55 bits per heavy atom. The van der Waals surface area contributed by atoms with E-state index in [2.05, 4.69) is 20.3 Å². The molecular weight excluding hydrogens is 535 g/mol. The molecule has 0 aromatic carbocycles. The first-order chi connectivity index (χ1) is 14.4. The lowest BCUT2D eigenvalue weighted by Gasteiger charge is -2.36. The molecule has 2 aromatic rings. The van der Waals surface area contributed by atoms with Gasteiger partial charge in [0.15, 0.2) is 5.96 Å². The Kier molecular flexibility index (Phi) is 9.78. The highest BCUT2D eigenvalue weighted by Crippen LogP contribution is 2.19. The van der Waals surface area contributed by atoms with Gasteiger partial charge in [-0.2, -0.15) is 4.31 Å². The second-order valence-corrected chi connectivity index (χ2v) is 9.29. The van der Waals surface area contributed by atoms with Gasteiger partial charge in [0.25, 0.3) is 0 Å². The summed E-state index contributed by atoms with van der Waals surface area (Å²) in [6, 6.07) is 5.42. The van der Waals surface area contributed by atoms with Crippen molar-refractivity contribution in [1.29, 1.82) is 0 Å². The Morgan fingerprint density at radius 2 is 2.00 bits per heavy atom. The van der Waals surface area contributed by atoms with Crippen molar-refractivity contribution in [2.75, 3.05) is 53.4 Å². The Morgan fingerprint density at radius 1 is 1.26 bits per heavy atom. The smallest absolute Gasteiger partial charge is 0.220 e. The number of guanidine groups is 1. The summed E-state index contributed by atoms with van der Waals surface area (Å²) in [4.78, 5) is 8.97. The highest BCUT2D eigenvalue weighted by Gasteiger charge is 2.29. The molecule has 1 saturated heterocycles. The normalized spacial score (nSPS) is 16.9. The van der Waals surface area contributed by atoms with Crippen LogP contribution >= 0.6 is 24.0 Å². The van der Waals surface area contributed by atoms with E-state index in [9.17, 15) is 8.42 Å². The lowest BCUT2D eigenvalue weighted by Crippen LogP contribution is -2.54. The topological polar surface area (TPSA) is 107 Å². The van der Waals surface area contributed by atoms with Crippen LogP contribution in [-0.4, -0.2) is 87.0 Å². The van der Waals surface area contributed by atoms with Crippen molar-refractivity contribution >= 4 is 40.0 Å². The second kappa shape index (κ2) is 11.8. The van der Waals surface area contributed by atoms with Crippen LogP contribution in [-0.2, 0) is 15.8 Å². The molecule has 174 valence electrons. The number of sulfonamides is 1. The van der Waals surface area contributed by atoms with Gasteiger partial charge in [0, 0.05) is 38.8 Å². The monoisotopic (exact) mass is 566 g/mol. The Bertz CT molecular complexity index is 894. The van der Waals surface area contributed by atoms with E-state index in [1.54, 1.807) is 12.3 Å². The van der Waals surface area contributed by atoms with Crippen LogP contribution in [0.2, 0.25) is 0 Å². The molecule has 0 aliphatic carbocycles. The standard InChI is InChI=1S/C19H30N6O4S.HI/c1-4-20-19(21-14-17(23(2)3)18-6-5-12-28-18)24-8-10-25(11-9-24)30(26,27)15-16-7-13-29-22-16;/h5-7,12-13,17H,4,8-11,14-15H2,1-3H3,(H,20,21);1H. The van der Waals surface area contributed by atoms with Gasteiger partial charge in [0.2, 0.25) is 10.0 Å². The molecule has 3 heterocycles. The summed E-state index contributed by atoms with van der Waals surface area (Å²) in [6.45, 7) is 5.23. The minimum atomic E-state index is -3.43. The number of hydrogen-bond donors (Lipinski definition) is 1. The first kappa shape index (κ1) is 25.6. The highest BCUT2D eigenvalue weighted by atomic mass is 127. The van der Waals surface area contributed by atoms with Gasteiger partial charge in [-0.25, -0.2) is 8.42 Å². The van der Waals surface area contributed by atoms with Gasteiger partial charge in [0.1, 0.15) is 17.8 Å². The first-order valence-electron chi connectivity index (χ1n) is 10.0. The Hall–Kier alpha value is -1.64. The fraction of sp³-hybridized carbons (Fsp3) is 0.579. The summed E-state index contributed by atoms with van der Waals surface area (Å²) in [5, 5.41) is 7.03. The van der Waals surface area contributed by atoms with Crippen LogP contribution in [0.1, 0.15) is 24.4 Å². The minimum Gasteiger partial charge on any atom is -0.468 e. The molecule has 1 aliphatic rings. The maximum Gasteiger partial charge on any atom is 0.220 e. The van der Waals surface area contributed by atoms with Crippen molar-refractivity contribution in [1.82, 2.24) is 24.6 Å². The Balaban J connectivity index is 0.00000341. The quantitative estimate of drug-likeness (QED) is 0.292. The number of furan rings is 1. The number of aromatic nitrogens is 1. The number of piperazine rings is 1. The molecule has 1 fully saturated rings. The van der Waals surface area contributed by atoms with Gasteiger partial charge >= 0.3 is 0 Å². The summed E-state index contributed by atoms with van der Waals surface area (Å²) in [6.07, 6.45) is 3.05. The van der Waals surface area contributed by atoms with Crippen LogP contribution in [0.3, 0.4) is 0 Å². The maximum absolute atomic E-state index is 12.6. The molecule has 1 N–H and O–H groups in total. The largest absolute Gasteiger partial charge is 0.468 e. The van der Waals surface area contributed by atoms with Crippen LogP contribution in [0, 0.1) is 0 Å². The number of rotatable bonds is 8. The molecule has 0 spiro atoms. The van der Waals surface area contributed by atoms with E-state index in [0.29, 0.717) is 38.4 Å². The van der Waals surface area contributed by atoms with Gasteiger partial charge < -0.3 is 19.2 Å². The predicted octanol–water partition coefficient (Wildman–Crippen LogP) is 1.60. The fourth-order valence-corrected chi connectivity index (χ4v) is 4.78. The lowest BCUT2D eigenvalue weighted by molar-refractivity contribution is 0.252. The van der Waals surface area contributed by atoms with E-state index in [1.165, 1.54) is 10.6 Å². The van der Waals surface area contributed by atoms with Crippen LogP contribution in [0.5, 0.6) is 0 Å². The van der Waals surface area contributed by atoms with Gasteiger partial charge in [0.05, 0.1) is 24.5 Å². The average molecular weight is 566 g/mol. The van der Waals surface area contributed by atoms with E-state index in [-0.39, 0.29) is 35.8 Å². The van der Waals surface area contributed by atoms with E-state index in [4.69, 9.17) is 13.9 Å². The predicted molar refractivity (Wildman–Crippen MR) is 129 cm³/mol. The molecule has 2 aromatic heterocycles. The van der Waals surface area contributed by atoms with Gasteiger partial charge in [-0.15, -0.1) is 24.0 Å². The molecule has 1 atom stereocenters. The fourth-order valence-electron chi connectivity index (χ4n) is 3.36. The number of hydrogen-bond acceptors (Lipinski definition) is 7. The number of halogens is 1. The van der Waals surface area contributed by atoms with Crippen molar-refractivity contribution < 1.29 is 17.4 Å². The second-order valence-electron chi connectivity index (χ2n) is 7.32. The number of nitrogens with zero attached hydrogens (tertiary/aromatic N) is 5. The number of nitrogens with one attached hydrogen (secondary N) is 1. The van der Waals surface area contributed by atoms with Crippen LogP contribution < -0.4 is 5.32 Å². The van der Waals surface area contributed by atoms with Crippen molar-refractivity contribution in [3.8, 4) is 0 Å². The molecular formula is C19H31IN6O4S. The summed E-state index contributed by atoms with van der Waals surface area (Å²) in [7, 11) is 0.559. The Labute approximate surface area is 200 Å². The van der Waals surface area contributed by atoms with Crippen molar-refractivity contribution in [3.63, 3.8) is 0 Å². The lowest BCUT2D eigenvalue weighted by atomic mass is 10.2. The molecule has 31 heavy (non-hydrogen) atoms. The van der Waals surface area contributed by atoms with E-state index >= 15 is 0 Å². The zero-order chi connectivity index (χ0) is 21.6. The van der Waals surface area contributed by atoms with Crippen molar-refractivity contribution in [3.05, 3.63) is 42.2 Å². The minimum absolute atomic E-state index is 0. The van der Waals surface area contributed by atoms with E-state index in [0.717, 1.165) is 18.3 Å². The third-order valence-electron chi connectivity index (χ3n) is 5.00. The van der Waals surface area contributed by atoms with Crippen LogP contribution in [0.25, 0.3) is 0 Å².